The number of benzene rings is 1. The number of hydrogen-bond acceptors (Lipinski definition) is 2. The van der Waals surface area contributed by atoms with Gasteiger partial charge in [0.15, 0.2) is 0 Å². The minimum Gasteiger partial charge on any atom is -0.271 e. The summed E-state index contributed by atoms with van der Waals surface area (Å²) in [6.07, 6.45) is 9.11. The third kappa shape index (κ3) is 3.33. The Labute approximate surface area is 111 Å². The van der Waals surface area contributed by atoms with Crippen LogP contribution in [-0.2, 0) is 6.42 Å². The van der Waals surface area contributed by atoms with Crippen LogP contribution in [0.5, 0.6) is 0 Å². The van der Waals surface area contributed by atoms with Crippen molar-refractivity contribution in [1.82, 2.24) is 5.43 Å². The molecule has 18 heavy (non-hydrogen) atoms. The number of nitrogens with two attached hydrogens (primary N) is 1. The van der Waals surface area contributed by atoms with Crippen LogP contribution < -0.4 is 11.3 Å². The van der Waals surface area contributed by atoms with E-state index in [4.69, 9.17) is 5.84 Å². The molecular weight excluding hydrogens is 220 g/mol. The molecule has 1 aliphatic carbocycles. The van der Waals surface area contributed by atoms with Gasteiger partial charge >= 0.3 is 0 Å². The smallest absolute Gasteiger partial charge is 0.0488 e. The van der Waals surface area contributed by atoms with Gasteiger partial charge in [-0.15, -0.1) is 0 Å². The van der Waals surface area contributed by atoms with E-state index in [1.807, 2.05) is 0 Å². The van der Waals surface area contributed by atoms with Crippen LogP contribution in [-0.4, -0.2) is 0 Å². The fraction of sp³-hybridized carbons (Fsp3) is 0.625. The predicted molar refractivity (Wildman–Crippen MR) is 77.1 cm³/mol. The Morgan fingerprint density at radius 1 is 1.17 bits per heavy atom. The largest absolute Gasteiger partial charge is 0.271 e. The van der Waals surface area contributed by atoms with E-state index < -0.39 is 0 Å². The Balaban J connectivity index is 2.06. The van der Waals surface area contributed by atoms with Gasteiger partial charge < -0.3 is 0 Å². The van der Waals surface area contributed by atoms with Gasteiger partial charge in [0.05, 0.1) is 0 Å². The van der Waals surface area contributed by atoms with Crippen molar-refractivity contribution in [2.24, 2.45) is 11.8 Å². The Bertz CT molecular complexity index is 339. The highest BCUT2D eigenvalue weighted by molar-refractivity contribution is 5.25. The van der Waals surface area contributed by atoms with Crippen LogP contribution in [0.15, 0.2) is 24.3 Å². The van der Waals surface area contributed by atoms with Crippen molar-refractivity contribution >= 4 is 0 Å². The first-order valence-corrected chi connectivity index (χ1v) is 7.40. The highest BCUT2D eigenvalue weighted by Crippen LogP contribution is 2.34. The molecule has 1 fully saturated rings. The molecule has 1 unspecified atom stereocenters. The summed E-state index contributed by atoms with van der Waals surface area (Å²) >= 11 is 0. The zero-order valence-corrected chi connectivity index (χ0v) is 11.5. The average molecular weight is 246 g/mol. The van der Waals surface area contributed by atoms with Crippen molar-refractivity contribution in [3.63, 3.8) is 0 Å². The van der Waals surface area contributed by atoms with Gasteiger partial charge in [-0.1, -0.05) is 56.9 Å². The highest BCUT2D eigenvalue weighted by atomic mass is 15.2. The summed E-state index contributed by atoms with van der Waals surface area (Å²) in [5, 5.41) is 0. The van der Waals surface area contributed by atoms with Crippen LogP contribution >= 0.6 is 0 Å². The van der Waals surface area contributed by atoms with Gasteiger partial charge in [0.25, 0.3) is 0 Å². The Kier molecular flexibility index (Phi) is 5.21. The maximum absolute atomic E-state index is 5.78. The van der Waals surface area contributed by atoms with Crippen molar-refractivity contribution in [3.8, 4) is 0 Å². The summed E-state index contributed by atoms with van der Waals surface area (Å²) in [6.45, 7) is 2.22. The first kappa shape index (κ1) is 13.6. The summed E-state index contributed by atoms with van der Waals surface area (Å²) in [6, 6.07) is 9.35. The van der Waals surface area contributed by atoms with E-state index in [0.29, 0.717) is 12.0 Å². The summed E-state index contributed by atoms with van der Waals surface area (Å²) < 4.78 is 0. The molecule has 100 valence electrons. The molecule has 2 heteroatoms. The second-order valence-corrected chi connectivity index (χ2v) is 5.53. The molecule has 2 rings (SSSR count). The van der Waals surface area contributed by atoms with E-state index >= 15 is 0 Å². The molecule has 1 aliphatic rings. The lowest BCUT2D eigenvalue weighted by molar-refractivity contribution is 0.273. The SMILES string of the molecule is CCCc1ccc(C(NN)C2CCCCC2)cc1. The molecule has 0 radical (unpaired) electrons. The minimum atomic E-state index is 0.334. The quantitative estimate of drug-likeness (QED) is 0.614. The van der Waals surface area contributed by atoms with Gasteiger partial charge in [-0.05, 0) is 36.3 Å². The molecule has 0 aliphatic heterocycles. The molecule has 0 heterocycles. The molecule has 3 N–H and O–H groups in total. The van der Waals surface area contributed by atoms with Crippen LogP contribution in [0.25, 0.3) is 0 Å². The summed E-state index contributed by atoms with van der Waals surface area (Å²) in [4.78, 5) is 0. The lowest BCUT2D eigenvalue weighted by atomic mass is 9.81. The number of aryl methyl sites for hydroxylation is 1. The Morgan fingerprint density at radius 3 is 2.39 bits per heavy atom. The number of nitrogens with one attached hydrogen (secondary N) is 1. The normalized spacial score (nSPS) is 18.8. The minimum absolute atomic E-state index is 0.334. The molecule has 1 aromatic rings. The van der Waals surface area contributed by atoms with Crippen molar-refractivity contribution < 1.29 is 0 Å². The molecule has 1 aromatic carbocycles. The average Bonchev–Trinajstić information content (AvgIpc) is 2.43. The van der Waals surface area contributed by atoms with Crippen molar-refractivity contribution in [1.29, 1.82) is 0 Å². The molecule has 0 bridgehead atoms. The van der Waals surface area contributed by atoms with E-state index in [1.165, 1.54) is 56.1 Å². The van der Waals surface area contributed by atoms with Crippen molar-refractivity contribution in [2.75, 3.05) is 0 Å². The summed E-state index contributed by atoms with van der Waals surface area (Å²) in [5.74, 6) is 6.49. The third-order valence-electron chi connectivity index (χ3n) is 4.18. The van der Waals surface area contributed by atoms with Gasteiger partial charge in [0.2, 0.25) is 0 Å². The predicted octanol–water partition coefficient (Wildman–Crippen LogP) is 3.72. The van der Waals surface area contributed by atoms with Gasteiger partial charge in [-0.25, -0.2) is 0 Å². The highest BCUT2D eigenvalue weighted by Gasteiger charge is 2.23. The van der Waals surface area contributed by atoms with Gasteiger partial charge in [0, 0.05) is 6.04 Å². The first-order chi connectivity index (χ1) is 8.85. The standard InChI is InChI=1S/C16H26N2/c1-2-6-13-9-11-15(12-10-13)16(18-17)14-7-4-3-5-8-14/h9-12,14,16,18H,2-8,17H2,1H3. The van der Waals surface area contributed by atoms with Crippen LogP contribution in [0, 0.1) is 5.92 Å². The van der Waals surface area contributed by atoms with E-state index in [9.17, 15) is 0 Å². The van der Waals surface area contributed by atoms with Crippen molar-refractivity contribution in [2.45, 2.75) is 57.9 Å². The molecule has 1 atom stereocenters. The first-order valence-electron chi connectivity index (χ1n) is 7.40. The van der Waals surface area contributed by atoms with Crippen molar-refractivity contribution in [3.05, 3.63) is 35.4 Å². The molecule has 0 amide bonds. The van der Waals surface area contributed by atoms with E-state index in [1.54, 1.807) is 0 Å². The number of rotatable bonds is 5. The molecule has 0 saturated heterocycles. The summed E-state index contributed by atoms with van der Waals surface area (Å²) in [5.41, 5.74) is 5.82. The van der Waals surface area contributed by atoms with Crippen LogP contribution in [0.3, 0.4) is 0 Å². The lowest BCUT2D eigenvalue weighted by Crippen LogP contribution is -2.34. The van der Waals surface area contributed by atoms with Crippen LogP contribution in [0.1, 0.15) is 62.6 Å². The molecule has 0 aromatic heterocycles. The molecular formula is C16H26N2. The maximum atomic E-state index is 5.78. The second kappa shape index (κ2) is 6.91. The van der Waals surface area contributed by atoms with E-state index in [0.717, 1.165) is 0 Å². The van der Waals surface area contributed by atoms with Crippen LogP contribution in [0.4, 0.5) is 0 Å². The zero-order valence-electron chi connectivity index (χ0n) is 11.5. The molecule has 2 nitrogen and oxygen atoms in total. The van der Waals surface area contributed by atoms with Gasteiger partial charge in [-0.2, -0.15) is 0 Å². The molecule has 0 spiro atoms. The maximum Gasteiger partial charge on any atom is 0.0488 e. The van der Waals surface area contributed by atoms with Gasteiger partial charge in [-0.3, -0.25) is 11.3 Å². The Hall–Kier alpha value is -0.860. The lowest BCUT2D eigenvalue weighted by Gasteiger charge is -2.30. The van der Waals surface area contributed by atoms with Gasteiger partial charge in [0.1, 0.15) is 0 Å². The second-order valence-electron chi connectivity index (χ2n) is 5.53. The Morgan fingerprint density at radius 2 is 1.83 bits per heavy atom. The zero-order chi connectivity index (χ0) is 12.8. The van der Waals surface area contributed by atoms with Crippen LogP contribution in [0.2, 0.25) is 0 Å². The monoisotopic (exact) mass is 246 g/mol. The van der Waals surface area contributed by atoms with E-state index in [-0.39, 0.29) is 0 Å². The fourth-order valence-electron chi connectivity index (χ4n) is 3.15. The summed E-state index contributed by atoms with van der Waals surface area (Å²) in [7, 11) is 0. The number of hydrogen-bond donors (Lipinski definition) is 2. The topological polar surface area (TPSA) is 38.0 Å². The molecule has 1 saturated carbocycles. The fourth-order valence-corrected chi connectivity index (χ4v) is 3.15. The number of hydrazine groups is 1. The van der Waals surface area contributed by atoms with E-state index in [2.05, 4.69) is 36.6 Å². The third-order valence-corrected chi connectivity index (χ3v) is 4.18.